The van der Waals surface area contributed by atoms with Crippen molar-refractivity contribution < 1.29 is 23.2 Å². The summed E-state index contributed by atoms with van der Waals surface area (Å²) in [4.78, 5) is 24.8. The summed E-state index contributed by atoms with van der Waals surface area (Å²) >= 11 is 0. The van der Waals surface area contributed by atoms with Crippen LogP contribution < -0.4 is 10.6 Å². The van der Waals surface area contributed by atoms with E-state index in [0.29, 0.717) is 23.7 Å². The van der Waals surface area contributed by atoms with Crippen LogP contribution in [0.3, 0.4) is 0 Å². The highest BCUT2D eigenvalue weighted by molar-refractivity contribution is 6.03. The molecule has 0 aliphatic heterocycles. The molecule has 2 N–H and O–H groups in total. The predicted molar refractivity (Wildman–Crippen MR) is 111 cm³/mol. The van der Waals surface area contributed by atoms with E-state index in [4.69, 9.17) is 9.26 Å². The van der Waals surface area contributed by atoms with Crippen molar-refractivity contribution in [3.63, 3.8) is 0 Å². The number of halogens is 1. The van der Waals surface area contributed by atoms with Crippen molar-refractivity contribution in [1.82, 2.24) is 20.3 Å². The van der Waals surface area contributed by atoms with Crippen LogP contribution in [0.2, 0.25) is 0 Å². The van der Waals surface area contributed by atoms with E-state index >= 15 is 0 Å². The van der Waals surface area contributed by atoms with Gasteiger partial charge >= 0.3 is 0 Å². The van der Waals surface area contributed by atoms with Crippen molar-refractivity contribution in [2.45, 2.75) is 33.4 Å². The lowest BCUT2D eigenvalue weighted by molar-refractivity contribution is -0.122. The second-order valence-electron chi connectivity index (χ2n) is 7.14. The Kier molecular flexibility index (Phi) is 6.81. The Labute approximate surface area is 178 Å². The Hall–Kier alpha value is -3.53. The highest BCUT2D eigenvalue weighted by atomic mass is 19.1. The molecule has 2 aromatic heterocycles. The maximum Gasteiger partial charge on any atom is 0.294 e. The Morgan fingerprint density at radius 3 is 2.74 bits per heavy atom. The molecule has 0 bridgehead atoms. The highest BCUT2D eigenvalue weighted by Crippen LogP contribution is 2.24. The van der Waals surface area contributed by atoms with Gasteiger partial charge in [0.1, 0.15) is 18.1 Å². The summed E-state index contributed by atoms with van der Waals surface area (Å²) in [7, 11) is 1.56. The lowest BCUT2D eigenvalue weighted by Crippen LogP contribution is -2.38. The van der Waals surface area contributed by atoms with Gasteiger partial charge in [0.15, 0.2) is 0 Å². The summed E-state index contributed by atoms with van der Waals surface area (Å²) in [6.07, 6.45) is 0. The number of carbonyl (C=O) groups is 2. The number of benzene rings is 1. The predicted octanol–water partition coefficient (Wildman–Crippen LogP) is 2.70. The van der Waals surface area contributed by atoms with Gasteiger partial charge in [0.25, 0.3) is 5.91 Å². The number of ether oxygens (including phenoxy) is 1. The average molecular weight is 429 g/mol. The van der Waals surface area contributed by atoms with E-state index in [2.05, 4.69) is 20.9 Å². The standard InChI is InChI=1S/C21H24FN5O4/c1-12(11-30-4)23-19(28)10-27-14(3)20(13(2)25-27)24-21(29)18-9-17(26-31-18)15-7-5-6-8-16(15)22/h5-9,12H,10-11H2,1-4H3,(H,23,28)(H,24,29)/t12-/m1/s1. The maximum absolute atomic E-state index is 13.9. The normalized spacial score (nSPS) is 11.9. The zero-order valence-corrected chi connectivity index (χ0v) is 17.7. The van der Waals surface area contributed by atoms with Crippen LogP contribution in [-0.2, 0) is 16.1 Å². The number of amides is 2. The number of anilines is 1. The van der Waals surface area contributed by atoms with Crippen LogP contribution in [0.15, 0.2) is 34.9 Å². The summed E-state index contributed by atoms with van der Waals surface area (Å²) in [5, 5.41) is 13.6. The first-order chi connectivity index (χ1) is 14.8. The minimum atomic E-state index is -0.556. The Bertz CT molecular complexity index is 1090. The summed E-state index contributed by atoms with van der Waals surface area (Å²) in [6.45, 7) is 5.69. The zero-order valence-electron chi connectivity index (χ0n) is 17.7. The molecule has 0 saturated carbocycles. The van der Waals surface area contributed by atoms with Crippen LogP contribution >= 0.6 is 0 Å². The smallest absolute Gasteiger partial charge is 0.294 e. The van der Waals surface area contributed by atoms with E-state index in [1.54, 1.807) is 39.2 Å². The zero-order chi connectivity index (χ0) is 22.5. The molecule has 0 radical (unpaired) electrons. The first kappa shape index (κ1) is 22.2. The van der Waals surface area contributed by atoms with E-state index in [0.717, 1.165) is 0 Å². The van der Waals surface area contributed by atoms with Gasteiger partial charge in [0, 0.05) is 24.8 Å². The summed E-state index contributed by atoms with van der Waals surface area (Å²) < 4.78 is 25.5. The molecule has 0 unspecified atom stereocenters. The maximum atomic E-state index is 13.9. The molecule has 164 valence electrons. The van der Waals surface area contributed by atoms with Crippen molar-refractivity contribution in [3.8, 4) is 11.3 Å². The molecule has 1 aromatic carbocycles. The fraction of sp³-hybridized carbons (Fsp3) is 0.333. The number of aromatic nitrogens is 3. The van der Waals surface area contributed by atoms with Crippen LogP contribution in [-0.4, -0.2) is 46.5 Å². The van der Waals surface area contributed by atoms with Crippen molar-refractivity contribution in [3.05, 3.63) is 53.3 Å². The number of carbonyl (C=O) groups excluding carboxylic acids is 2. The summed E-state index contributed by atoms with van der Waals surface area (Å²) in [6, 6.07) is 7.31. The number of rotatable bonds is 8. The van der Waals surface area contributed by atoms with Crippen LogP contribution in [0, 0.1) is 19.7 Å². The second kappa shape index (κ2) is 9.52. The highest BCUT2D eigenvalue weighted by Gasteiger charge is 2.21. The molecule has 9 nitrogen and oxygen atoms in total. The molecular weight excluding hydrogens is 405 g/mol. The molecule has 2 amide bonds. The molecule has 0 saturated heterocycles. The first-order valence-electron chi connectivity index (χ1n) is 9.65. The van der Waals surface area contributed by atoms with Crippen molar-refractivity contribution in [2.75, 3.05) is 19.0 Å². The number of aryl methyl sites for hydroxylation is 1. The first-order valence-corrected chi connectivity index (χ1v) is 9.65. The monoisotopic (exact) mass is 429 g/mol. The SMILES string of the molecule is COC[C@@H](C)NC(=O)Cn1nc(C)c(NC(=O)c2cc(-c3ccccc3F)no2)c1C. The summed E-state index contributed by atoms with van der Waals surface area (Å²) in [5.41, 5.74) is 2.06. The van der Waals surface area contributed by atoms with Gasteiger partial charge in [-0.2, -0.15) is 5.10 Å². The van der Waals surface area contributed by atoms with Gasteiger partial charge in [0.2, 0.25) is 11.7 Å². The van der Waals surface area contributed by atoms with Crippen molar-refractivity contribution in [1.29, 1.82) is 0 Å². The molecule has 0 spiro atoms. The molecule has 3 aromatic rings. The fourth-order valence-corrected chi connectivity index (χ4v) is 3.13. The third-order valence-electron chi connectivity index (χ3n) is 4.62. The fourth-order valence-electron chi connectivity index (χ4n) is 3.13. The topological polar surface area (TPSA) is 111 Å². The number of hydrogen-bond donors (Lipinski definition) is 2. The van der Waals surface area contributed by atoms with Gasteiger partial charge in [-0.15, -0.1) is 0 Å². The lowest BCUT2D eigenvalue weighted by Gasteiger charge is -2.13. The van der Waals surface area contributed by atoms with E-state index in [1.807, 2.05) is 6.92 Å². The van der Waals surface area contributed by atoms with Gasteiger partial charge < -0.3 is 19.9 Å². The van der Waals surface area contributed by atoms with E-state index in [-0.39, 0.29) is 35.5 Å². The number of methoxy groups -OCH3 is 1. The molecule has 0 fully saturated rings. The Balaban J connectivity index is 1.71. The van der Waals surface area contributed by atoms with Gasteiger partial charge in [0.05, 0.1) is 23.7 Å². The number of nitrogens with zero attached hydrogens (tertiary/aromatic N) is 3. The molecule has 1 atom stereocenters. The van der Waals surface area contributed by atoms with Crippen LogP contribution in [0.5, 0.6) is 0 Å². The molecule has 0 aliphatic rings. The van der Waals surface area contributed by atoms with Crippen LogP contribution in [0.4, 0.5) is 10.1 Å². The quantitative estimate of drug-likeness (QED) is 0.570. The van der Waals surface area contributed by atoms with E-state index < -0.39 is 11.7 Å². The number of nitrogens with one attached hydrogen (secondary N) is 2. The lowest BCUT2D eigenvalue weighted by atomic mass is 10.1. The minimum Gasteiger partial charge on any atom is -0.383 e. The van der Waals surface area contributed by atoms with E-state index in [9.17, 15) is 14.0 Å². The van der Waals surface area contributed by atoms with Gasteiger partial charge in [-0.1, -0.05) is 17.3 Å². The second-order valence-corrected chi connectivity index (χ2v) is 7.14. The average Bonchev–Trinajstić information content (AvgIpc) is 3.29. The third kappa shape index (κ3) is 5.15. The third-order valence-corrected chi connectivity index (χ3v) is 4.62. The van der Waals surface area contributed by atoms with Gasteiger partial charge in [-0.3, -0.25) is 14.3 Å². The Morgan fingerprint density at radius 2 is 2.03 bits per heavy atom. The van der Waals surface area contributed by atoms with Crippen molar-refractivity contribution in [2.24, 2.45) is 0 Å². The minimum absolute atomic E-state index is 0.00363. The Morgan fingerprint density at radius 1 is 1.29 bits per heavy atom. The molecular formula is C21H24FN5O4. The molecule has 10 heteroatoms. The van der Waals surface area contributed by atoms with Gasteiger partial charge in [-0.25, -0.2) is 4.39 Å². The molecule has 3 rings (SSSR count). The van der Waals surface area contributed by atoms with E-state index in [1.165, 1.54) is 16.8 Å². The van der Waals surface area contributed by atoms with Crippen LogP contribution in [0.25, 0.3) is 11.3 Å². The van der Waals surface area contributed by atoms with Gasteiger partial charge in [-0.05, 0) is 32.9 Å². The number of hydrogen-bond acceptors (Lipinski definition) is 6. The summed E-state index contributed by atoms with van der Waals surface area (Å²) in [5.74, 6) is -1.32. The molecule has 2 heterocycles. The van der Waals surface area contributed by atoms with Crippen LogP contribution in [0.1, 0.15) is 28.9 Å². The largest absolute Gasteiger partial charge is 0.383 e. The van der Waals surface area contributed by atoms with Crippen molar-refractivity contribution >= 4 is 17.5 Å². The molecule has 0 aliphatic carbocycles. The molecule has 31 heavy (non-hydrogen) atoms.